The lowest BCUT2D eigenvalue weighted by molar-refractivity contribution is -0.131. The molecule has 2 rings (SSSR count). The number of Topliss-reactive ketones (excluding diaryl/α,β-unsaturated/α-hetero) is 1. The molecule has 0 unspecified atom stereocenters. The van der Waals surface area contributed by atoms with Crippen LogP contribution in [-0.4, -0.2) is 18.5 Å². The summed E-state index contributed by atoms with van der Waals surface area (Å²) >= 11 is 3.39. The molecule has 1 saturated carbocycles. The summed E-state index contributed by atoms with van der Waals surface area (Å²) in [6, 6.07) is 7.92. The number of rotatable bonds is 5. The molecule has 2 nitrogen and oxygen atoms in total. The van der Waals surface area contributed by atoms with Crippen molar-refractivity contribution in [1.29, 1.82) is 0 Å². The van der Waals surface area contributed by atoms with Gasteiger partial charge in [0.05, 0.1) is 5.60 Å². The molecule has 0 saturated heterocycles. The fraction of sp³-hybridized carbons (Fsp3) is 0.500. The van der Waals surface area contributed by atoms with E-state index < -0.39 is 0 Å². The normalized spacial score (nSPS) is 17.5. The van der Waals surface area contributed by atoms with E-state index in [9.17, 15) is 4.79 Å². The molecule has 1 aliphatic rings. The van der Waals surface area contributed by atoms with E-state index >= 15 is 0 Å². The Balaban J connectivity index is 1.91. The average Bonchev–Trinajstić information content (AvgIpc) is 2.27. The molecule has 1 aromatic carbocycles. The van der Waals surface area contributed by atoms with Crippen molar-refractivity contribution in [2.24, 2.45) is 0 Å². The topological polar surface area (TPSA) is 26.3 Å². The highest BCUT2D eigenvalue weighted by Crippen LogP contribution is 2.38. The number of ether oxygens (including phenoxy) is 1. The van der Waals surface area contributed by atoms with Crippen molar-refractivity contribution in [2.45, 2.75) is 37.7 Å². The van der Waals surface area contributed by atoms with Gasteiger partial charge in [-0.25, -0.2) is 0 Å². The minimum atomic E-state index is -0.146. The maximum Gasteiger partial charge on any atom is 0.140 e. The van der Waals surface area contributed by atoms with Crippen molar-refractivity contribution in [2.75, 3.05) is 7.11 Å². The summed E-state index contributed by atoms with van der Waals surface area (Å²) in [4.78, 5) is 12.0. The fourth-order valence-corrected chi connectivity index (χ4v) is 2.54. The van der Waals surface area contributed by atoms with E-state index in [0.29, 0.717) is 12.8 Å². The second-order valence-electron chi connectivity index (χ2n) is 4.76. The van der Waals surface area contributed by atoms with Crippen molar-refractivity contribution in [3.05, 3.63) is 34.3 Å². The van der Waals surface area contributed by atoms with Crippen molar-refractivity contribution in [3.63, 3.8) is 0 Å². The summed E-state index contributed by atoms with van der Waals surface area (Å²) in [7, 11) is 1.71. The van der Waals surface area contributed by atoms with E-state index in [1.165, 1.54) is 6.42 Å². The molecule has 0 aliphatic heterocycles. The number of halogens is 1. The number of methoxy groups -OCH3 is 1. The van der Waals surface area contributed by atoms with E-state index in [2.05, 4.69) is 15.9 Å². The molecule has 3 heteroatoms. The van der Waals surface area contributed by atoms with Crippen LogP contribution in [0.4, 0.5) is 0 Å². The zero-order chi connectivity index (χ0) is 12.3. The highest BCUT2D eigenvalue weighted by atomic mass is 79.9. The largest absolute Gasteiger partial charge is 0.378 e. The number of hydrogen-bond donors (Lipinski definition) is 0. The summed E-state index contributed by atoms with van der Waals surface area (Å²) in [6.07, 6.45) is 4.29. The summed E-state index contributed by atoms with van der Waals surface area (Å²) in [5.41, 5.74) is 0.927. The molecule has 1 fully saturated rings. The maximum absolute atomic E-state index is 12.0. The minimum absolute atomic E-state index is 0.146. The van der Waals surface area contributed by atoms with Gasteiger partial charge in [0, 0.05) is 24.4 Å². The van der Waals surface area contributed by atoms with Gasteiger partial charge >= 0.3 is 0 Å². The molecule has 0 aromatic heterocycles. The summed E-state index contributed by atoms with van der Waals surface area (Å²) in [5.74, 6) is 0.272. The lowest BCUT2D eigenvalue weighted by Crippen LogP contribution is -2.41. The Morgan fingerprint density at radius 2 is 2.00 bits per heavy atom. The quantitative estimate of drug-likeness (QED) is 0.831. The Hall–Kier alpha value is -0.670. The second-order valence-corrected chi connectivity index (χ2v) is 5.68. The average molecular weight is 297 g/mol. The summed E-state index contributed by atoms with van der Waals surface area (Å²) in [5, 5.41) is 0. The van der Waals surface area contributed by atoms with Crippen LogP contribution in [0.25, 0.3) is 0 Å². The number of hydrogen-bond acceptors (Lipinski definition) is 2. The van der Waals surface area contributed by atoms with Gasteiger partial charge < -0.3 is 4.74 Å². The number of benzene rings is 1. The van der Waals surface area contributed by atoms with Crippen LogP contribution in [0.3, 0.4) is 0 Å². The molecule has 0 heterocycles. The third-order valence-electron chi connectivity index (χ3n) is 3.53. The van der Waals surface area contributed by atoms with Crippen LogP contribution in [0.5, 0.6) is 0 Å². The van der Waals surface area contributed by atoms with Gasteiger partial charge in [0.1, 0.15) is 5.78 Å². The van der Waals surface area contributed by atoms with Crippen LogP contribution in [-0.2, 0) is 16.0 Å². The van der Waals surface area contributed by atoms with Gasteiger partial charge in [-0.3, -0.25) is 4.79 Å². The SMILES string of the molecule is COC1(CC(=O)Cc2ccc(Br)cc2)CCC1. The maximum atomic E-state index is 12.0. The molecule has 1 aromatic rings. The van der Waals surface area contributed by atoms with Crippen molar-refractivity contribution in [3.8, 4) is 0 Å². The summed E-state index contributed by atoms with van der Waals surface area (Å²) in [6.45, 7) is 0. The van der Waals surface area contributed by atoms with Crippen LogP contribution < -0.4 is 0 Å². The van der Waals surface area contributed by atoms with E-state index in [-0.39, 0.29) is 11.4 Å². The van der Waals surface area contributed by atoms with Crippen molar-refractivity contribution < 1.29 is 9.53 Å². The Labute approximate surface area is 110 Å². The summed E-state index contributed by atoms with van der Waals surface area (Å²) < 4.78 is 6.52. The molecule has 0 N–H and O–H groups in total. The highest BCUT2D eigenvalue weighted by molar-refractivity contribution is 9.10. The third kappa shape index (κ3) is 3.17. The molecular formula is C14H17BrO2. The third-order valence-corrected chi connectivity index (χ3v) is 4.06. The first kappa shape index (κ1) is 12.8. The molecule has 1 aliphatic carbocycles. The molecule has 17 heavy (non-hydrogen) atoms. The molecule has 0 radical (unpaired) electrons. The fourth-order valence-electron chi connectivity index (χ4n) is 2.28. The monoisotopic (exact) mass is 296 g/mol. The first-order chi connectivity index (χ1) is 8.13. The van der Waals surface area contributed by atoms with Gasteiger partial charge in [0.25, 0.3) is 0 Å². The van der Waals surface area contributed by atoms with Crippen LogP contribution in [0.15, 0.2) is 28.7 Å². The minimum Gasteiger partial charge on any atom is -0.378 e. The van der Waals surface area contributed by atoms with E-state index in [1.54, 1.807) is 7.11 Å². The lowest BCUT2D eigenvalue weighted by Gasteiger charge is -2.40. The van der Waals surface area contributed by atoms with Crippen LogP contribution in [0.2, 0.25) is 0 Å². The van der Waals surface area contributed by atoms with Crippen molar-refractivity contribution in [1.82, 2.24) is 0 Å². The van der Waals surface area contributed by atoms with Crippen LogP contribution in [0, 0.1) is 0 Å². The Morgan fingerprint density at radius 1 is 1.35 bits per heavy atom. The molecule has 0 atom stereocenters. The van der Waals surface area contributed by atoms with Gasteiger partial charge in [-0.1, -0.05) is 28.1 Å². The number of ketones is 1. The predicted octanol–water partition coefficient (Wildman–Crippen LogP) is 3.52. The van der Waals surface area contributed by atoms with Crippen LogP contribution >= 0.6 is 15.9 Å². The smallest absolute Gasteiger partial charge is 0.140 e. The van der Waals surface area contributed by atoms with E-state index in [0.717, 1.165) is 22.9 Å². The van der Waals surface area contributed by atoms with Crippen molar-refractivity contribution >= 4 is 21.7 Å². The van der Waals surface area contributed by atoms with Gasteiger partial charge in [0.2, 0.25) is 0 Å². The van der Waals surface area contributed by atoms with Gasteiger partial charge in [-0.05, 0) is 37.0 Å². The van der Waals surface area contributed by atoms with E-state index in [4.69, 9.17) is 4.74 Å². The van der Waals surface area contributed by atoms with Gasteiger partial charge in [-0.15, -0.1) is 0 Å². The molecule has 0 amide bonds. The highest BCUT2D eigenvalue weighted by Gasteiger charge is 2.38. The Bertz CT molecular complexity index is 388. The Morgan fingerprint density at radius 3 is 2.47 bits per heavy atom. The zero-order valence-corrected chi connectivity index (χ0v) is 11.6. The molecule has 0 bridgehead atoms. The standard InChI is InChI=1S/C14H17BrO2/c1-17-14(7-2-8-14)10-13(16)9-11-3-5-12(15)6-4-11/h3-6H,2,7-10H2,1H3. The molecule has 0 spiro atoms. The Kier molecular flexibility index (Phi) is 4.00. The molecular weight excluding hydrogens is 280 g/mol. The zero-order valence-electron chi connectivity index (χ0n) is 10.0. The lowest BCUT2D eigenvalue weighted by atomic mass is 9.76. The van der Waals surface area contributed by atoms with Gasteiger partial charge in [0.15, 0.2) is 0 Å². The second kappa shape index (κ2) is 5.32. The molecule has 92 valence electrons. The first-order valence-electron chi connectivity index (χ1n) is 5.95. The first-order valence-corrected chi connectivity index (χ1v) is 6.74. The predicted molar refractivity (Wildman–Crippen MR) is 71.1 cm³/mol. The van der Waals surface area contributed by atoms with E-state index in [1.807, 2.05) is 24.3 Å². The van der Waals surface area contributed by atoms with Crippen LogP contribution in [0.1, 0.15) is 31.2 Å². The number of carbonyl (C=O) groups is 1. The van der Waals surface area contributed by atoms with Gasteiger partial charge in [-0.2, -0.15) is 0 Å². The number of carbonyl (C=O) groups excluding carboxylic acids is 1.